The molecule has 0 amide bonds. The van der Waals surface area contributed by atoms with E-state index in [1.165, 1.54) is 125 Å². The van der Waals surface area contributed by atoms with E-state index in [1.54, 1.807) is 0 Å². The predicted octanol–water partition coefficient (Wildman–Crippen LogP) is 40.2. The fourth-order valence-electron chi connectivity index (χ4n) is 22.0. The van der Waals surface area contributed by atoms with Crippen molar-refractivity contribution in [3.05, 3.63) is 539 Å². The van der Waals surface area contributed by atoms with E-state index in [2.05, 4.69) is 446 Å². The Balaban J connectivity index is 0.000000112. The van der Waals surface area contributed by atoms with Crippen molar-refractivity contribution in [2.45, 2.75) is 6.92 Å². The zero-order valence-corrected chi connectivity index (χ0v) is 79.0. The molecule has 3 aromatic heterocycles. The quantitative estimate of drug-likeness (QED) is 0.101. The molecule has 6 nitrogen and oxygen atoms in total. The van der Waals surface area contributed by atoms with E-state index in [4.69, 9.17) is 20.1 Å². The summed E-state index contributed by atoms with van der Waals surface area (Å²) in [6, 6.07) is 177. The average Bonchev–Trinajstić information content (AvgIpc) is 1.29. The van der Waals surface area contributed by atoms with Crippen LogP contribution in [-0.2, 0) is 0 Å². The van der Waals surface area contributed by atoms with Gasteiger partial charge in [0.15, 0.2) is 0 Å². The summed E-state index contributed by atoms with van der Waals surface area (Å²) < 4.78 is 60.4. The molecule has 0 radical (unpaired) electrons. The summed E-state index contributed by atoms with van der Waals surface area (Å²) in [4.78, 5) is 6.99. The molecule has 0 N–H and O–H groups in total. The second-order valence-electron chi connectivity index (χ2n) is 37.3. The largest absolute Gasteiger partial charge is 0.456 e. The number of nitrogens with zero attached hydrogens (tertiary/aromatic N) is 3. The fourth-order valence-corrected chi connectivity index (χ4v) is 22.0. The molecule has 29 aromatic rings. The van der Waals surface area contributed by atoms with Gasteiger partial charge in [0.25, 0.3) is 0 Å². The molecule has 145 heavy (non-hydrogen) atoms. The highest BCUT2D eigenvalue weighted by atomic mass is 16.3. The lowest BCUT2D eigenvalue weighted by molar-refractivity contribution is 0.668. The number of para-hydroxylation sites is 3. The van der Waals surface area contributed by atoms with Crippen LogP contribution in [0.25, 0.3) is 218 Å². The first kappa shape index (κ1) is 79.7. The van der Waals surface area contributed by atoms with Crippen LogP contribution in [0.2, 0.25) is 0 Å². The molecule has 0 saturated heterocycles. The van der Waals surface area contributed by atoms with Crippen LogP contribution in [0, 0.1) is 6.92 Å². The molecule has 6 heteroatoms. The van der Waals surface area contributed by atoms with Crippen molar-refractivity contribution in [1.82, 2.24) is 0 Å². The van der Waals surface area contributed by atoms with Gasteiger partial charge in [-0.15, -0.1) is 0 Å². The Labute approximate surface area is 844 Å². The maximum atomic E-state index is 8.48. The van der Waals surface area contributed by atoms with Crippen LogP contribution in [0.3, 0.4) is 0 Å². The van der Waals surface area contributed by atoms with Gasteiger partial charge in [-0.25, -0.2) is 0 Å². The topological polar surface area (TPSA) is 49.1 Å². The molecule has 0 unspecified atom stereocenters. The van der Waals surface area contributed by atoms with Crippen molar-refractivity contribution in [1.29, 1.82) is 0 Å². The Morgan fingerprint density at radius 2 is 0.462 bits per heavy atom. The normalized spacial score (nSPS) is 12.1. The number of aryl methyl sites for hydroxylation is 1. The minimum atomic E-state index is -0.402. The highest BCUT2D eigenvalue weighted by Gasteiger charge is 2.27. The Morgan fingerprint density at radius 3 is 0.931 bits per heavy atom. The van der Waals surface area contributed by atoms with Crippen LogP contribution in [0.4, 0.5) is 51.2 Å². The van der Waals surface area contributed by atoms with Gasteiger partial charge in [-0.05, 0) is 247 Å². The zero-order chi connectivity index (χ0) is 100. The van der Waals surface area contributed by atoms with Crippen molar-refractivity contribution in [2.24, 2.45) is 0 Å². The van der Waals surface area contributed by atoms with E-state index < -0.39 is 6.04 Å². The third-order valence-corrected chi connectivity index (χ3v) is 28.9. The van der Waals surface area contributed by atoms with E-state index >= 15 is 0 Å². The average molecular weight is 1860 g/mol. The molecule has 0 bridgehead atoms. The summed E-state index contributed by atoms with van der Waals surface area (Å²) in [6.07, 6.45) is 0. The maximum Gasteiger partial charge on any atom is 0.137 e. The number of hydrogen-bond acceptors (Lipinski definition) is 6. The molecule has 0 aliphatic rings. The predicted molar refractivity (Wildman–Crippen MR) is 615 cm³/mol. The summed E-state index contributed by atoms with van der Waals surface area (Å²) in [7, 11) is 0. The third-order valence-electron chi connectivity index (χ3n) is 28.9. The maximum absolute atomic E-state index is 8.48. The molecule has 29 rings (SSSR count). The van der Waals surface area contributed by atoms with Crippen LogP contribution in [0.15, 0.2) is 547 Å². The Bertz CT molecular complexity index is 10400. The van der Waals surface area contributed by atoms with E-state index in [-0.39, 0.29) is 29.7 Å². The van der Waals surface area contributed by atoms with Crippen LogP contribution in [0.1, 0.15) is 12.4 Å². The standard InChI is InChI=1S/C58H37NO.C43H29NO.C38H25NO/c1-2-13-38(14-3-1)49-34-33-48(51-31-27-42(35-55(49)51)46-23-12-17-39-15-4-6-18-45(39)46)40-25-28-43(29-26-40)59(44-30-32-54-53-22-10-11-24-57(53)60-58(54)37-44)56-36-41-16-5-7-19-47(41)50-20-8-9-21-52(50)56;1-28-18-20-29(21-19-28)33-24-25-40(36-14-6-4-13-35(33)36)44(31-22-23-39-38-16-8-9-17-42(38)45-43(39)27-31)41-26-30-10-2-3-11-32(30)34-12-5-7-15-37(34)41;1-2-10-26(11-3-1)27-18-20-29(21-19-27)39(30-22-23-35-34-16-8-9-17-37(34)40-38(35)25-30)36-24-28-12-4-5-13-31(28)32-14-6-7-15-33(32)36/h1-37H;2-27H,1H3;1-25H/i;;1D,2D,3D,10D,11D. The van der Waals surface area contributed by atoms with Gasteiger partial charge in [-0.2, -0.15) is 0 Å². The van der Waals surface area contributed by atoms with Gasteiger partial charge >= 0.3 is 0 Å². The molecule has 680 valence electrons. The number of benzene rings is 26. The SMILES string of the molecule is Cc1ccc(-c2ccc(N(c3ccc4c(c3)oc3ccccc34)c3cc4ccccc4c4ccccc34)c3ccccc23)cc1.[2H]c1c([2H])c([2H])c(-c2ccc(N(c3ccc4c(c3)oc3ccccc34)c3cc4ccccc4c4ccccc34)cc2)c([2H])c1[2H].c1ccc(-c2ccc(-c3ccc(N(c4ccc5c(c4)oc4ccccc45)c4cc5ccccc5c5ccccc45)cc3)c3ccc(-c4cccc5ccccc45)cc23)cc1. The zero-order valence-electron chi connectivity index (χ0n) is 84.0. The van der Waals surface area contributed by atoms with Crippen molar-refractivity contribution < 1.29 is 20.1 Å². The van der Waals surface area contributed by atoms with E-state index in [0.717, 1.165) is 139 Å². The van der Waals surface area contributed by atoms with Gasteiger partial charge < -0.3 is 28.0 Å². The molecule has 0 saturated carbocycles. The molecule has 0 spiro atoms. The molecule has 0 aliphatic heterocycles. The fraction of sp³-hybridized carbons (Fsp3) is 0.00719. The van der Waals surface area contributed by atoms with E-state index in [9.17, 15) is 0 Å². The van der Waals surface area contributed by atoms with Crippen LogP contribution in [-0.4, -0.2) is 0 Å². The third kappa shape index (κ3) is 15.2. The summed E-state index contributed by atoms with van der Waals surface area (Å²) >= 11 is 0. The number of hydrogen-bond donors (Lipinski definition) is 0. The van der Waals surface area contributed by atoms with Gasteiger partial charge in [0, 0.05) is 100 Å². The molecular formula is C139H91N3O3. The monoisotopic (exact) mass is 1850 g/mol. The highest BCUT2D eigenvalue weighted by Crippen LogP contribution is 2.52. The van der Waals surface area contributed by atoms with Crippen molar-refractivity contribution in [2.75, 3.05) is 14.7 Å². The molecule has 0 aliphatic carbocycles. The number of rotatable bonds is 14. The molecule has 0 atom stereocenters. The molecule has 0 fully saturated rings. The summed E-state index contributed by atoms with van der Waals surface area (Å²) in [6.45, 7) is 2.13. The lowest BCUT2D eigenvalue weighted by atomic mass is 9.89. The number of anilines is 9. The van der Waals surface area contributed by atoms with Gasteiger partial charge in [0.1, 0.15) is 33.5 Å². The van der Waals surface area contributed by atoms with Crippen LogP contribution < -0.4 is 14.7 Å². The smallest absolute Gasteiger partial charge is 0.137 e. The van der Waals surface area contributed by atoms with E-state index in [0.29, 0.717) is 5.56 Å². The lowest BCUT2D eigenvalue weighted by Crippen LogP contribution is -2.11. The first-order valence-corrected chi connectivity index (χ1v) is 49.2. The Morgan fingerprint density at radius 1 is 0.159 bits per heavy atom. The van der Waals surface area contributed by atoms with Crippen molar-refractivity contribution >= 4 is 214 Å². The lowest BCUT2D eigenvalue weighted by Gasteiger charge is -2.29. The minimum Gasteiger partial charge on any atom is -0.456 e. The Kier molecular flexibility index (Phi) is 19.8. The number of fused-ring (bicyclic) bond motifs is 21. The Hall–Kier alpha value is -19.1. The van der Waals surface area contributed by atoms with Crippen molar-refractivity contribution in [3.8, 4) is 55.6 Å². The summed E-state index contributed by atoms with van der Waals surface area (Å²) in [5.74, 6) is 0. The van der Waals surface area contributed by atoms with Gasteiger partial charge in [0.2, 0.25) is 0 Å². The molecular weight excluding hydrogens is 1760 g/mol. The van der Waals surface area contributed by atoms with Crippen LogP contribution >= 0.6 is 0 Å². The highest BCUT2D eigenvalue weighted by molar-refractivity contribution is 6.21. The first-order valence-electron chi connectivity index (χ1n) is 51.7. The van der Waals surface area contributed by atoms with Gasteiger partial charge in [-0.3, -0.25) is 0 Å². The minimum absolute atomic E-state index is 0.180. The first-order chi connectivity index (χ1) is 73.9. The van der Waals surface area contributed by atoms with Crippen LogP contribution in [0.5, 0.6) is 0 Å². The van der Waals surface area contributed by atoms with Gasteiger partial charge in [-0.1, -0.05) is 412 Å². The summed E-state index contributed by atoms with van der Waals surface area (Å²) in [5, 5.41) is 28.2. The second kappa shape index (κ2) is 35.9. The van der Waals surface area contributed by atoms with E-state index in [1.807, 2.05) is 78.9 Å². The molecule has 3 heterocycles. The van der Waals surface area contributed by atoms with Gasteiger partial charge in [0.05, 0.1) is 29.6 Å². The second-order valence-corrected chi connectivity index (χ2v) is 37.3. The molecule has 26 aromatic carbocycles. The van der Waals surface area contributed by atoms with Crippen molar-refractivity contribution in [3.63, 3.8) is 0 Å². The summed E-state index contributed by atoms with van der Waals surface area (Å²) in [5.41, 5.74) is 26.1. The number of furan rings is 3.